The predicted molar refractivity (Wildman–Crippen MR) is 162 cm³/mol. The number of carbonyl (C=O) groups excluding carboxylic acids is 2. The number of aliphatic hydroxyl groups is 1. The van der Waals surface area contributed by atoms with Crippen molar-refractivity contribution >= 4 is 33.6 Å². The summed E-state index contributed by atoms with van der Waals surface area (Å²) >= 11 is 1.41. The van der Waals surface area contributed by atoms with Crippen LogP contribution in [0, 0.1) is 18.3 Å². The number of sulfonamides is 1. The maximum atomic E-state index is 13.8. The third-order valence-electron chi connectivity index (χ3n) is 7.32. The van der Waals surface area contributed by atoms with Crippen LogP contribution in [0.1, 0.15) is 36.1 Å². The molecule has 3 N–H and O–H groups in total. The first-order valence-corrected chi connectivity index (χ1v) is 15.9. The number of amides is 2. The van der Waals surface area contributed by atoms with Gasteiger partial charge in [-0.25, -0.2) is 13.1 Å². The third-order valence-corrected chi connectivity index (χ3v) is 10.2. The summed E-state index contributed by atoms with van der Waals surface area (Å²) in [5.74, 6) is -0.940. The van der Waals surface area contributed by atoms with Crippen LogP contribution in [0.4, 0.5) is 0 Å². The van der Waals surface area contributed by atoms with Gasteiger partial charge in [-0.3, -0.25) is 9.59 Å². The topological polar surface area (TPSA) is 140 Å². The molecule has 1 aliphatic rings. The normalized spacial score (nSPS) is 17.7. The molecule has 42 heavy (non-hydrogen) atoms. The molecular formula is C31H34N4O5S2. The van der Waals surface area contributed by atoms with Crippen LogP contribution >= 0.6 is 11.8 Å². The van der Waals surface area contributed by atoms with Crippen molar-refractivity contribution in [1.29, 1.82) is 5.26 Å². The second kappa shape index (κ2) is 13.1. The minimum absolute atomic E-state index is 0.0256. The monoisotopic (exact) mass is 606 g/mol. The van der Waals surface area contributed by atoms with E-state index in [1.165, 1.54) is 40.9 Å². The van der Waals surface area contributed by atoms with E-state index < -0.39 is 38.9 Å². The molecule has 1 saturated heterocycles. The fourth-order valence-electron chi connectivity index (χ4n) is 4.90. The van der Waals surface area contributed by atoms with Crippen molar-refractivity contribution in [3.05, 3.63) is 101 Å². The molecule has 3 atom stereocenters. The quantitative estimate of drug-likeness (QED) is 0.322. The minimum atomic E-state index is -4.18. The standard InChI is InChI=1S/C31H34N4O5S2/c1-21-9-7-8-12-24(21)19-33-29(37)28-31(2,3)41-20-35(28)30(38)27(36)26(17-22-10-5-4-6-11-22)34-42(39,40)25-15-13-23(18-32)14-16-25/h4-16,26-28,34,36H,17,19-20H2,1-3H3,(H,33,37)/t26?,27?,28-/m1/s1. The van der Waals surface area contributed by atoms with Gasteiger partial charge in [-0.2, -0.15) is 5.26 Å². The van der Waals surface area contributed by atoms with Crippen LogP contribution in [0.15, 0.2) is 83.8 Å². The number of benzene rings is 3. The van der Waals surface area contributed by atoms with Gasteiger partial charge in [-0.05, 0) is 68.1 Å². The average molecular weight is 607 g/mol. The van der Waals surface area contributed by atoms with Crippen LogP contribution in [0.3, 0.4) is 0 Å². The van der Waals surface area contributed by atoms with Crippen LogP contribution in [0.2, 0.25) is 0 Å². The zero-order valence-electron chi connectivity index (χ0n) is 23.7. The molecule has 1 heterocycles. The van der Waals surface area contributed by atoms with Crippen molar-refractivity contribution in [3.8, 4) is 6.07 Å². The lowest BCUT2D eigenvalue weighted by atomic mass is 9.97. The largest absolute Gasteiger partial charge is 0.382 e. The lowest BCUT2D eigenvalue weighted by Gasteiger charge is -2.33. The molecule has 0 aliphatic carbocycles. The van der Waals surface area contributed by atoms with Crippen LogP contribution < -0.4 is 10.0 Å². The third kappa shape index (κ3) is 7.20. The Morgan fingerprint density at radius 2 is 1.71 bits per heavy atom. The number of nitriles is 1. The molecule has 0 saturated carbocycles. The van der Waals surface area contributed by atoms with E-state index >= 15 is 0 Å². The van der Waals surface area contributed by atoms with Gasteiger partial charge in [0, 0.05) is 11.3 Å². The van der Waals surface area contributed by atoms with Gasteiger partial charge < -0.3 is 15.3 Å². The molecule has 0 aromatic heterocycles. The van der Waals surface area contributed by atoms with Gasteiger partial charge in [0.2, 0.25) is 15.9 Å². The van der Waals surface area contributed by atoms with Crippen molar-refractivity contribution < 1.29 is 23.1 Å². The highest BCUT2D eigenvalue weighted by Gasteiger charge is 2.50. The van der Waals surface area contributed by atoms with Crippen LogP contribution in [-0.2, 0) is 32.6 Å². The van der Waals surface area contributed by atoms with Crippen molar-refractivity contribution in [2.75, 3.05) is 5.88 Å². The first-order chi connectivity index (χ1) is 19.9. The van der Waals surface area contributed by atoms with Crippen molar-refractivity contribution in [2.24, 2.45) is 0 Å². The van der Waals surface area contributed by atoms with Gasteiger partial charge in [0.15, 0.2) is 0 Å². The molecule has 0 bridgehead atoms. The molecule has 0 radical (unpaired) electrons. The summed E-state index contributed by atoms with van der Waals surface area (Å²) < 4.78 is 28.5. The summed E-state index contributed by atoms with van der Waals surface area (Å²) in [6, 6.07) is 21.8. The Labute approximate surface area is 251 Å². The van der Waals surface area contributed by atoms with Gasteiger partial charge in [0.1, 0.15) is 12.1 Å². The highest BCUT2D eigenvalue weighted by atomic mass is 32.2. The summed E-state index contributed by atoms with van der Waals surface area (Å²) in [5, 5.41) is 23.4. The van der Waals surface area contributed by atoms with Crippen molar-refractivity contribution in [2.45, 2.75) is 61.6 Å². The molecule has 11 heteroatoms. The van der Waals surface area contributed by atoms with Crippen molar-refractivity contribution in [3.63, 3.8) is 0 Å². The van der Waals surface area contributed by atoms with Gasteiger partial charge in [-0.15, -0.1) is 11.8 Å². The summed E-state index contributed by atoms with van der Waals surface area (Å²) in [7, 11) is -4.18. The number of carbonyl (C=O) groups is 2. The Bertz CT molecular complexity index is 1570. The van der Waals surface area contributed by atoms with Gasteiger partial charge >= 0.3 is 0 Å². The van der Waals surface area contributed by atoms with Gasteiger partial charge in [0.25, 0.3) is 5.91 Å². The van der Waals surface area contributed by atoms with E-state index in [1.807, 2.05) is 57.2 Å². The Hall–Kier alpha value is -3.69. The van der Waals surface area contributed by atoms with E-state index in [2.05, 4.69) is 10.0 Å². The van der Waals surface area contributed by atoms with E-state index in [1.54, 1.807) is 24.3 Å². The molecule has 3 aromatic rings. The fraction of sp³-hybridized carbons (Fsp3) is 0.323. The minimum Gasteiger partial charge on any atom is -0.382 e. The van der Waals surface area contributed by atoms with Gasteiger partial charge in [0.05, 0.1) is 28.4 Å². The van der Waals surface area contributed by atoms with Crippen LogP contribution in [0.5, 0.6) is 0 Å². The number of nitrogens with one attached hydrogen (secondary N) is 2. The number of aryl methyl sites for hydroxylation is 1. The molecule has 220 valence electrons. The smallest absolute Gasteiger partial charge is 0.254 e. The second-order valence-corrected chi connectivity index (χ2v) is 14.0. The summed E-state index contributed by atoms with van der Waals surface area (Å²) in [5.41, 5.74) is 2.98. The number of aliphatic hydroxyl groups excluding tert-OH is 1. The van der Waals surface area contributed by atoms with E-state index in [-0.39, 0.29) is 29.6 Å². The number of hydrogen-bond donors (Lipinski definition) is 3. The zero-order chi connectivity index (χ0) is 30.5. The highest BCUT2D eigenvalue weighted by molar-refractivity contribution is 8.00. The number of nitrogens with zero attached hydrogens (tertiary/aromatic N) is 2. The predicted octanol–water partition coefficient (Wildman–Crippen LogP) is 3.11. The van der Waals surface area contributed by atoms with E-state index in [0.717, 1.165) is 11.1 Å². The Kier molecular flexibility index (Phi) is 9.74. The maximum Gasteiger partial charge on any atom is 0.254 e. The van der Waals surface area contributed by atoms with E-state index in [0.29, 0.717) is 11.1 Å². The number of rotatable bonds is 10. The first-order valence-electron chi connectivity index (χ1n) is 13.4. The maximum absolute atomic E-state index is 13.8. The molecule has 9 nitrogen and oxygen atoms in total. The lowest BCUT2D eigenvalue weighted by molar-refractivity contribution is -0.147. The lowest BCUT2D eigenvalue weighted by Crippen LogP contribution is -2.58. The van der Waals surface area contributed by atoms with E-state index in [4.69, 9.17) is 5.26 Å². The molecule has 2 amide bonds. The number of hydrogen-bond acceptors (Lipinski definition) is 7. The second-order valence-electron chi connectivity index (χ2n) is 10.7. The average Bonchev–Trinajstić information content (AvgIpc) is 3.30. The Morgan fingerprint density at radius 1 is 1.07 bits per heavy atom. The first kappa shape index (κ1) is 31.3. The van der Waals surface area contributed by atoms with Crippen LogP contribution in [0.25, 0.3) is 0 Å². The SMILES string of the molecule is Cc1ccccc1CNC(=O)[C@H]1N(C(=O)C(O)C(Cc2ccccc2)NS(=O)(=O)c2ccc(C#N)cc2)CSC1(C)C. The molecule has 1 fully saturated rings. The molecule has 2 unspecified atom stereocenters. The molecule has 3 aromatic carbocycles. The molecule has 4 rings (SSSR count). The van der Waals surface area contributed by atoms with E-state index in [9.17, 15) is 23.1 Å². The Balaban J connectivity index is 1.58. The summed E-state index contributed by atoms with van der Waals surface area (Å²) in [4.78, 5) is 28.5. The summed E-state index contributed by atoms with van der Waals surface area (Å²) in [6.07, 6.45) is -1.75. The Morgan fingerprint density at radius 3 is 2.36 bits per heavy atom. The molecule has 1 aliphatic heterocycles. The van der Waals surface area contributed by atoms with Gasteiger partial charge in [-0.1, -0.05) is 54.6 Å². The zero-order valence-corrected chi connectivity index (χ0v) is 25.3. The molecule has 0 spiro atoms. The molecular weight excluding hydrogens is 572 g/mol. The number of thioether (sulfide) groups is 1. The van der Waals surface area contributed by atoms with Crippen molar-refractivity contribution in [1.82, 2.24) is 14.9 Å². The highest BCUT2D eigenvalue weighted by Crippen LogP contribution is 2.40. The van der Waals surface area contributed by atoms with Crippen LogP contribution in [-0.4, -0.2) is 59.1 Å². The fourth-order valence-corrected chi connectivity index (χ4v) is 7.29. The summed E-state index contributed by atoms with van der Waals surface area (Å²) in [6.45, 7) is 5.97.